The zero-order valence-corrected chi connectivity index (χ0v) is 12.8. The average molecular weight is 283 g/mol. The third-order valence-electron chi connectivity index (χ3n) is 4.46. The molecule has 1 rings (SSSR count). The van der Waals surface area contributed by atoms with Gasteiger partial charge in [-0.25, -0.2) is 0 Å². The van der Waals surface area contributed by atoms with Gasteiger partial charge >= 0.3 is 0 Å². The molecule has 5 nitrogen and oxygen atoms in total. The van der Waals surface area contributed by atoms with E-state index < -0.39 is 0 Å². The Balaban J connectivity index is 2.34. The summed E-state index contributed by atoms with van der Waals surface area (Å²) < 4.78 is 0. The maximum Gasteiger partial charge on any atom is 0.222 e. The van der Waals surface area contributed by atoms with E-state index in [1.165, 1.54) is 0 Å². The number of rotatable bonds is 7. The van der Waals surface area contributed by atoms with E-state index in [0.29, 0.717) is 50.7 Å². The summed E-state index contributed by atoms with van der Waals surface area (Å²) >= 11 is 0. The zero-order valence-electron chi connectivity index (χ0n) is 12.8. The van der Waals surface area contributed by atoms with Crippen molar-refractivity contribution < 1.29 is 9.59 Å². The van der Waals surface area contributed by atoms with Crippen LogP contribution in [0.4, 0.5) is 0 Å². The number of hydrogen-bond donors (Lipinski definition) is 2. The number of amides is 2. The summed E-state index contributed by atoms with van der Waals surface area (Å²) in [6, 6.07) is 0. The highest BCUT2D eigenvalue weighted by atomic mass is 16.2. The average Bonchev–Trinajstić information content (AvgIpc) is 2.42. The van der Waals surface area contributed by atoms with Crippen LogP contribution in [0.15, 0.2) is 0 Å². The number of nitrogens with two attached hydrogens (primary N) is 2. The van der Waals surface area contributed by atoms with Crippen LogP contribution in [0.1, 0.15) is 46.0 Å². The van der Waals surface area contributed by atoms with Gasteiger partial charge in [-0.05, 0) is 44.1 Å². The lowest BCUT2D eigenvalue weighted by Gasteiger charge is -2.31. The monoisotopic (exact) mass is 283 g/mol. The second-order valence-corrected chi connectivity index (χ2v) is 6.18. The molecule has 0 aromatic carbocycles. The predicted octanol–water partition coefficient (Wildman–Crippen LogP) is 1.11. The molecule has 4 N–H and O–H groups in total. The maximum atomic E-state index is 12.2. The van der Waals surface area contributed by atoms with Crippen molar-refractivity contribution in [2.75, 3.05) is 19.6 Å². The first-order valence-corrected chi connectivity index (χ1v) is 7.72. The van der Waals surface area contributed by atoms with Crippen molar-refractivity contribution in [2.24, 2.45) is 29.2 Å². The molecule has 1 saturated heterocycles. The highest BCUT2D eigenvalue weighted by molar-refractivity contribution is 5.78. The van der Waals surface area contributed by atoms with Crippen molar-refractivity contribution >= 4 is 11.8 Å². The fourth-order valence-corrected chi connectivity index (χ4v) is 2.91. The third kappa shape index (κ3) is 5.12. The van der Waals surface area contributed by atoms with Crippen LogP contribution >= 0.6 is 0 Å². The summed E-state index contributed by atoms with van der Waals surface area (Å²) in [5, 5.41) is 0. The molecule has 1 aliphatic heterocycles. The topological polar surface area (TPSA) is 89.4 Å². The van der Waals surface area contributed by atoms with Gasteiger partial charge in [-0.15, -0.1) is 0 Å². The molecular formula is C15H29N3O2. The van der Waals surface area contributed by atoms with E-state index in [9.17, 15) is 9.59 Å². The highest BCUT2D eigenvalue weighted by Gasteiger charge is 2.26. The Morgan fingerprint density at radius 1 is 1.20 bits per heavy atom. The summed E-state index contributed by atoms with van der Waals surface area (Å²) in [4.78, 5) is 25.2. The quantitative estimate of drug-likeness (QED) is 0.733. The molecule has 0 aliphatic carbocycles. The van der Waals surface area contributed by atoms with Crippen LogP contribution in [0, 0.1) is 17.8 Å². The third-order valence-corrected chi connectivity index (χ3v) is 4.46. The van der Waals surface area contributed by atoms with E-state index in [2.05, 4.69) is 13.8 Å². The molecule has 0 saturated carbocycles. The Morgan fingerprint density at radius 3 is 2.25 bits per heavy atom. The van der Waals surface area contributed by atoms with Crippen LogP contribution in [-0.4, -0.2) is 36.3 Å². The van der Waals surface area contributed by atoms with Gasteiger partial charge in [0.25, 0.3) is 0 Å². The van der Waals surface area contributed by atoms with Crippen molar-refractivity contribution in [3.05, 3.63) is 0 Å². The fraction of sp³-hybridized carbons (Fsp3) is 0.867. The second kappa shape index (κ2) is 8.25. The van der Waals surface area contributed by atoms with Crippen molar-refractivity contribution in [3.8, 4) is 0 Å². The summed E-state index contributed by atoms with van der Waals surface area (Å²) in [7, 11) is 0. The van der Waals surface area contributed by atoms with Crippen molar-refractivity contribution in [3.63, 3.8) is 0 Å². The smallest absolute Gasteiger partial charge is 0.222 e. The van der Waals surface area contributed by atoms with Crippen molar-refractivity contribution in [1.29, 1.82) is 0 Å². The summed E-state index contributed by atoms with van der Waals surface area (Å²) in [5.74, 6) is 0.995. The summed E-state index contributed by atoms with van der Waals surface area (Å²) in [5.41, 5.74) is 10.9. The van der Waals surface area contributed by atoms with Gasteiger partial charge in [-0.1, -0.05) is 13.8 Å². The first-order valence-electron chi connectivity index (χ1n) is 7.72. The minimum Gasteiger partial charge on any atom is -0.369 e. The molecule has 2 amide bonds. The van der Waals surface area contributed by atoms with Gasteiger partial charge in [0.1, 0.15) is 0 Å². The minimum absolute atomic E-state index is 0.0558. The van der Waals surface area contributed by atoms with Crippen molar-refractivity contribution in [2.45, 2.75) is 46.0 Å². The van der Waals surface area contributed by atoms with E-state index in [-0.39, 0.29) is 17.7 Å². The molecule has 5 heteroatoms. The molecule has 116 valence electrons. The lowest BCUT2D eigenvalue weighted by molar-refractivity contribution is -0.135. The minimum atomic E-state index is -0.236. The molecular weight excluding hydrogens is 254 g/mol. The van der Waals surface area contributed by atoms with Gasteiger partial charge in [0.15, 0.2) is 0 Å². The summed E-state index contributed by atoms with van der Waals surface area (Å²) in [6.07, 6.45) is 3.89. The first-order chi connectivity index (χ1) is 9.45. The van der Waals surface area contributed by atoms with E-state index >= 15 is 0 Å². The van der Waals surface area contributed by atoms with E-state index in [1.807, 2.05) is 4.90 Å². The molecule has 1 fully saturated rings. The Kier molecular flexibility index (Phi) is 6.99. The standard InChI is InChI=1S/C15H29N3O2/c1-11(2)12(5-8-16)3-4-14(19)18-9-6-13(7-10-18)15(17)20/h11-13H,3-10,16H2,1-2H3,(H2,17,20). The van der Waals surface area contributed by atoms with Gasteiger partial charge in [-0.3, -0.25) is 9.59 Å². The van der Waals surface area contributed by atoms with Gasteiger partial charge in [0, 0.05) is 25.4 Å². The first kappa shape index (κ1) is 17.0. The number of nitrogens with zero attached hydrogens (tertiary/aromatic N) is 1. The van der Waals surface area contributed by atoms with Crippen LogP contribution in [-0.2, 0) is 9.59 Å². The lowest BCUT2D eigenvalue weighted by Crippen LogP contribution is -2.41. The Morgan fingerprint density at radius 2 is 1.80 bits per heavy atom. The number of hydrogen-bond acceptors (Lipinski definition) is 3. The molecule has 0 aromatic heterocycles. The van der Waals surface area contributed by atoms with Crippen LogP contribution in [0.5, 0.6) is 0 Å². The molecule has 0 spiro atoms. The second-order valence-electron chi connectivity index (χ2n) is 6.18. The molecule has 1 atom stereocenters. The number of primary amides is 1. The van der Waals surface area contributed by atoms with E-state index in [4.69, 9.17) is 11.5 Å². The molecule has 0 radical (unpaired) electrons. The number of likely N-dealkylation sites (tertiary alicyclic amines) is 1. The zero-order chi connectivity index (χ0) is 15.1. The van der Waals surface area contributed by atoms with Crippen molar-refractivity contribution in [1.82, 2.24) is 4.90 Å². The normalized spacial score (nSPS) is 18.3. The molecule has 1 aliphatic rings. The Bertz CT molecular complexity index is 323. The Labute approximate surface area is 122 Å². The number of piperidine rings is 1. The van der Waals surface area contributed by atoms with E-state index in [0.717, 1.165) is 12.8 Å². The molecule has 1 heterocycles. The summed E-state index contributed by atoms with van der Waals surface area (Å²) in [6.45, 7) is 6.37. The van der Waals surface area contributed by atoms with Crippen LogP contribution in [0.25, 0.3) is 0 Å². The largest absolute Gasteiger partial charge is 0.369 e. The number of carbonyl (C=O) groups is 2. The molecule has 1 unspecified atom stereocenters. The highest BCUT2D eigenvalue weighted by Crippen LogP contribution is 2.22. The fourth-order valence-electron chi connectivity index (χ4n) is 2.91. The van der Waals surface area contributed by atoms with Crippen LogP contribution in [0.3, 0.4) is 0 Å². The van der Waals surface area contributed by atoms with Gasteiger partial charge in [0.2, 0.25) is 11.8 Å². The van der Waals surface area contributed by atoms with Crippen LogP contribution in [0.2, 0.25) is 0 Å². The van der Waals surface area contributed by atoms with E-state index in [1.54, 1.807) is 0 Å². The lowest BCUT2D eigenvalue weighted by atomic mass is 9.88. The van der Waals surface area contributed by atoms with Gasteiger partial charge in [0.05, 0.1) is 0 Å². The SMILES string of the molecule is CC(C)C(CCN)CCC(=O)N1CCC(C(N)=O)CC1. The maximum absolute atomic E-state index is 12.2. The van der Waals surface area contributed by atoms with Gasteiger partial charge < -0.3 is 16.4 Å². The molecule has 20 heavy (non-hydrogen) atoms. The van der Waals surface area contributed by atoms with Gasteiger partial charge in [-0.2, -0.15) is 0 Å². The molecule has 0 bridgehead atoms. The Hall–Kier alpha value is -1.10. The van der Waals surface area contributed by atoms with Crippen LogP contribution < -0.4 is 11.5 Å². The molecule has 0 aromatic rings. The number of carbonyl (C=O) groups excluding carboxylic acids is 2. The predicted molar refractivity (Wildman–Crippen MR) is 79.7 cm³/mol.